The average Bonchev–Trinajstić information content (AvgIpc) is 2.56. The van der Waals surface area contributed by atoms with E-state index in [1.54, 1.807) is 6.33 Å². The van der Waals surface area contributed by atoms with Crippen molar-refractivity contribution in [1.29, 1.82) is 0 Å². The van der Waals surface area contributed by atoms with E-state index >= 15 is 0 Å². The van der Waals surface area contributed by atoms with Crippen LogP contribution in [0.15, 0.2) is 6.33 Å². The van der Waals surface area contributed by atoms with Gasteiger partial charge in [-0.2, -0.15) is 4.37 Å². The summed E-state index contributed by atoms with van der Waals surface area (Å²) in [5.41, 5.74) is 0. The second-order valence-corrected chi connectivity index (χ2v) is 3.78. The number of rotatable bonds is 1. The topological polar surface area (TPSA) is 41.1 Å². The van der Waals surface area contributed by atoms with Crippen LogP contribution in [0.5, 0.6) is 0 Å². The highest BCUT2D eigenvalue weighted by Crippen LogP contribution is 2.15. The second kappa shape index (κ2) is 3.37. The maximum absolute atomic E-state index is 4.18. The minimum absolute atomic E-state index is 0.558. The first-order valence-electron chi connectivity index (χ1n) is 4.11. The molecule has 5 heteroatoms. The van der Waals surface area contributed by atoms with E-state index in [0.29, 0.717) is 6.04 Å². The Morgan fingerprint density at radius 1 is 1.75 bits per heavy atom. The summed E-state index contributed by atoms with van der Waals surface area (Å²) in [6, 6.07) is 0.558. The third-order valence-electron chi connectivity index (χ3n) is 1.99. The number of hydrogen-bond donors (Lipinski definition) is 1. The van der Waals surface area contributed by atoms with Crippen LogP contribution in [0.4, 0.5) is 5.13 Å². The predicted octanol–water partition coefficient (Wildman–Crippen LogP) is 0.336. The van der Waals surface area contributed by atoms with Crippen molar-refractivity contribution in [1.82, 2.24) is 14.7 Å². The van der Waals surface area contributed by atoms with Gasteiger partial charge >= 0.3 is 0 Å². The number of nitrogens with one attached hydrogen (secondary N) is 1. The first kappa shape index (κ1) is 7.94. The van der Waals surface area contributed by atoms with Crippen LogP contribution in [0, 0.1) is 0 Å². The highest BCUT2D eigenvalue weighted by Gasteiger charge is 2.17. The van der Waals surface area contributed by atoms with Crippen LogP contribution in [0.25, 0.3) is 0 Å². The summed E-state index contributed by atoms with van der Waals surface area (Å²) in [5.74, 6) is 0. The van der Waals surface area contributed by atoms with Gasteiger partial charge in [0.25, 0.3) is 0 Å². The highest BCUT2D eigenvalue weighted by atomic mass is 32.1. The van der Waals surface area contributed by atoms with Crippen LogP contribution in [-0.2, 0) is 0 Å². The molecule has 0 unspecified atom stereocenters. The molecule has 1 aliphatic heterocycles. The van der Waals surface area contributed by atoms with Gasteiger partial charge in [-0.3, -0.25) is 0 Å². The second-order valence-electron chi connectivity index (χ2n) is 3.03. The van der Waals surface area contributed by atoms with Gasteiger partial charge < -0.3 is 10.2 Å². The minimum Gasteiger partial charge on any atom is -0.344 e. The molecule has 66 valence electrons. The molecular weight excluding hydrogens is 172 g/mol. The van der Waals surface area contributed by atoms with Crippen molar-refractivity contribution >= 4 is 16.7 Å². The number of aromatic nitrogens is 2. The van der Waals surface area contributed by atoms with E-state index in [-0.39, 0.29) is 0 Å². The lowest BCUT2D eigenvalue weighted by atomic mass is 10.2. The number of nitrogens with zero attached hydrogens (tertiary/aromatic N) is 3. The summed E-state index contributed by atoms with van der Waals surface area (Å²) >= 11 is 1.47. The smallest absolute Gasteiger partial charge is 0.205 e. The van der Waals surface area contributed by atoms with Crippen LogP contribution < -0.4 is 10.2 Å². The monoisotopic (exact) mass is 184 g/mol. The Kier molecular flexibility index (Phi) is 2.23. The summed E-state index contributed by atoms with van der Waals surface area (Å²) < 4.78 is 3.99. The summed E-state index contributed by atoms with van der Waals surface area (Å²) in [6.45, 7) is 5.31. The molecule has 0 spiro atoms. The Bertz CT molecular complexity index is 236. The number of hydrogen-bond acceptors (Lipinski definition) is 5. The predicted molar refractivity (Wildman–Crippen MR) is 49.6 cm³/mol. The van der Waals surface area contributed by atoms with Gasteiger partial charge in [-0.15, -0.1) is 0 Å². The zero-order valence-electron chi connectivity index (χ0n) is 7.03. The first-order valence-corrected chi connectivity index (χ1v) is 4.88. The van der Waals surface area contributed by atoms with E-state index in [4.69, 9.17) is 0 Å². The van der Waals surface area contributed by atoms with Crippen molar-refractivity contribution in [3.8, 4) is 0 Å². The van der Waals surface area contributed by atoms with Crippen LogP contribution in [0.1, 0.15) is 6.92 Å². The molecule has 0 aliphatic carbocycles. The van der Waals surface area contributed by atoms with Crippen molar-refractivity contribution in [2.24, 2.45) is 0 Å². The molecule has 0 bridgehead atoms. The molecule has 2 rings (SSSR count). The van der Waals surface area contributed by atoms with E-state index in [1.807, 2.05) is 0 Å². The van der Waals surface area contributed by atoms with Crippen LogP contribution in [-0.4, -0.2) is 35.0 Å². The molecular formula is C7H12N4S. The van der Waals surface area contributed by atoms with Gasteiger partial charge in [0.2, 0.25) is 5.13 Å². The molecule has 0 radical (unpaired) electrons. The fourth-order valence-electron chi connectivity index (χ4n) is 1.41. The molecule has 2 heterocycles. The average molecular weight is 184 g/mol. The van der Waals surface area contributed by atoms with Crippen LogP contribution in [0.2, 0.25) is 0 Å². The Labute approximate surface area is 75.8 Å². The quantitative estimate of drug-likeness (QED) is 0.683. The molecule has 0 amide bonds. The standard InChI is InChI=1S/C7H12N4S/c1-6-4-11(3-2-8-6)7-9-5-10-12-7/h5-6,8H,2-4H2,1H3/t6-/m1/s1. The summed E-state index contributed by atoms with van der Waals surface area (Å²) in [4.78, 5) is 6.46. The van der Waals surface area contributed by atoms with Gasteiger partial charge in [-0.05, 0) is 6.92 Å². The lowest BCUT2D eigenvalue weighted by Crippen LogP contribution is -2.49. The summed E-state index contributed by atoms with van der Waals surface area (Å²) in [6.07, 6.45) is 1.62. The van der Waals surface area contributed by atoms with Crippen molar-refractivity contribution in [2.45, 2.75) is 13.0 Å². The molecule has 4 nitrogen and oxygen atoms in total. The summed E-state index contributed by atoms with van der Waals surface area (Å²) in [7, 11) is 0. The van der Waals surface area contributed by atoms with Crippen LogP contribution in [0.3, 0.4) is 0 Å². The normalized spacial score (nSPS) is 24.4. The molecule has 1 fully saturated rings. The molecule has 1 N–H and O–H groups in total. The highest BCUT2D eigenvalue weighted by molar-refractivity contribution is 7.09. The molecule has 1 saturated heterocycles. The Balaban J connectivity index is 2.04. The van der Waals surface area contributed by atoms with E-state index in [1.165, 1.54) is 11.5 Å². The van der Waals surface area contributed by atoms with E-state index in [2.05, 4.69) is 26.5 Å². The van der Waals surface area contributed by atoms with Crippen molar-refractivity contribution in [2.75, 3.05) is 24.5 Å². The van der Waals surface area contributed by atoms with Gasteiger partial charge in [0.05, 0.1) is 0 Å². The SMILES string of the molecule is C[C@@H]1CN(c2ncns2)CCN1. The van der Waals surface area contributed by atoms with Crippen LogP contribution >= 0.6 is 11.5 Å². The van der Waals surface area contributed by atoms with Crippen molar-refractivity contribution in [3.63, 3.8) is 0 Å². The zero-order chi connectivity index (χ0) is 8.39. The Morgan fingerprint density at radius 2 is 2.67 bits per heavy atom. The Hall–Kier alpha value is -0.680. The Morgan fingerprint density at radius 3 is 3.33 bits per heavy atom. The molecule has 1 aromatic heterocycles. The van der Waals surface area contributed by atoms with Crippen molar-refractivity contribution < 1.29 is 0 Å². The lowest BCUT2D eigenvalue weighted by molar-refractivity contribution is 0.484. The molecule has 1 aromatic rings. The van der Waals surface area contributed by atoms with E-state index in [0.717, 1.165) is 24.8 Å². The number of piperazine rings is 1. The molecule has 1 atom stereocenters. The molecule has 0 saturated carbocycles. The van der Waals surface area contributed by atoms with E-state index < -0.39 is 0 Å². The lowest BCUT2D eigenvalue weighted by Gasteiger charge is -2.31. The third kappa shape index (κ3) is 1.56. The molecule has 0 aromatic carbocycles. The van der Waals surface area contributed by atoms with Gasteiger partial charge in [0, 0.05) is 37.2 Å². The molecule has 1 aliphatic rings. The largest absolute Gasteiger partial charge is 0.344 e. The maximum atomic E-state index is 4.18. The van der Waals surface area contributed by atoms with E-state index in [9.17, 15) is 0 Å². The third-order valence-corrected chi connectivity index (χ3v) is 2.72. The first-order chi connectivity index (χ1) is 5.86. The maximum Gasteiger partial charge on any atom is 0.205 e. The molecule has 12 heavy (non-hydrogen) atoms. The number of anilines is 1. The minimum atomic E-state index is 0.558. The van der Waals surface area contributed by atoms with Crippen molar-refractivity contribution in [3.05, 3.63) is 6.33 Å². The summed E-state index contributed by atoms with van der Waals surface area (Å²) in [5, 5.41) is 4.43. The fourth-order valence-corrected chi connectivity index (χ4v) is 1.98. The van der Waals surface area contributed by atoms with Gasteiger partial charge in [-0.25, -0.2) is 4.98 Å². The van der Waals surface area contributed by atoms with Gasteiger partial charge in [0.1, 0.15) is 6.33 Å². The fraction of sp³-hybridized carbons (Fsp3) is 0.714. The van der Waals surface area contributed by atoms with Gasteiger partial charge in [-0.1, -0.05) is 0 Å². The zero-order valence-corrected chi connectivity index (χ0v) is 7.84. The van der Waals surface area contributed by atoms with Gasteiger partial charge in [0.15, 0.2) is 0 Å².